The average molecular weight is 342 g/mol. The molecule has 0 radical (unpaired) electrons. The molecule has 1 aromatic carbocycles. The van der Waals surface area contributed by atoms with E-state index in [-0.39, 0.29) is 24.4 Å². The molecule has 4 nitrogen and oxygen atoms in total. The van der Waals surface area contributed by atoms with Gasteiger partial charge >= 0.3 is 5.97 Å². The molecule has 1 saturated carbocycles. The molecule has 1 aliphatic carbocycles. The molecule has 6 heteroatoms. The number of amides is 1. The standard InChI is InChI=1S/C16H17Cl2NO3/c17-16(18)7-13(16)15(21)22-10-12-6-14(20)19(9-12)8-11-4-2-1-3-5-11/h1-5,12-13H,6-10H2/t12-,13-/m0/s1. The smallest absolute Gasteiger partial charge is 0.312 e. The summed E-state index contributed by atoms with van der Waals surface area (Å²) in [5, 5.41) is 0. The second kappa shape index (κ2) is 6.09. The first kappa shape index (κ1) is 15.6. The van der Waals surface area contributed by atoms with Crippen molar-refractivity contribution < 1.29 is 14.3 Å². The van der Waals surface area contributed by atoms with Crippen LogP contribution >= 0.6 is 23.2 Å². The second-order valence-corrected chi connectivity index (χ2v) is 7.52. The summed E-state index contributed by atoms with van der Waals surface area (Å²) in [4.78, 5) is 25.6. The van der Waals surface area contributed by atoms with E-state index in [1.165, 1.54) is 0 Å². The number of rotatable bonds is 5. The third-order valence-corrected chi connectivity index (χ3v) is 4.92. The largest absolute Gasteiger partial charge is 0.465 e. The van der Waals surface area contributed by atoms with Crippen molar-refractivity contribution in [3.05, 3.63) is 35.9 Å². The Morgan fingerprint density at radius 1 is 1.32 bits per heavy atom. The minimum atomic E-state index is -0.956. The number of hydrogen-bond acceptors (Lipinski definition) is 3. The van der Waals surface area contributed by atoms with Crippen molar-refractivity contribution in [2.24, 2.45) is 11.8 Å². The molecule has 0 spiro atoms. The second-order valence-electron chi connectivity index (χ2n) is 5.98. The molecule has 2 aliphatic rings. The number of halogens is 2. The van der Waals surface area contributed by atoms with Crippen molar-refractivity contribution in [2.75, 3.05) is 13.2 Å². The van der Waals surface area contributed by atoms with Crippen LogP contribution in [0.2, 0.25) is 0 Å². The Kier molecular flexibility index (Phi) is 4.33. The number of likely N-dealkylation sites (tertiary alicyclic amines) is 1. The Bertz CT molecular complexity index is 576. The number of alkyl halides is 2. The van der Waals surface area contributed by atoms with Crippen LogP contribution in [0.4, 0.5) is 0 Å². The van der Waals surface area contributed by atoms with Gasteiger partial charge in [0.1, 0.15) is 4.33 Å². The summed E-state index contributed by atoms with van der Waals surface area (Å²) in [5.74, 6) is -0.647. The quantitative estimate of drug-likeness (QED) is 0.611. The third-order valence-electron chi connectivity index (χ3n) is 4.08. The molecule has 0 N–H and O–H groups in total. The Labute approximate surface area is 139 Å². The summed E-state index contributed by atoms with van der Waals surface area (Å²) in [6.45, 7) is 1.45. The molecular formula is C16H17Cl2NO3. The van der Waals surface area contributed by atoms with Crippen LogP contribution in [0.5, 0.6) is 0 Å². The van der Waals surface area contributed by atoms with Crippen molar-refractivity contribution in [1.82, 2.24) is 4.90 Å². The molecule has 2 fully saturated rings. The fraction of sp³-hybridized carbons (Fsp3) is 0.500. The highest BCUT2D eigenvalue weighted by atomic mass is 35.5. The van der Waals surface area contributed by atoms with Gasteiger partial charge in [-0.15, -0.1) is 23.2 Å². The van der Waals surface area contributed by atoms with Crippen molar-refractivity contribution >= 4 is 35.1 Å². The molecule has 1 saturated heterocycles. The molecular weight excluding hydrogens is 325 g/mol. The zero-order chi connectivity index (χ0) is 15.7. The van der Waals surface area contributed by atoms with Crippen LogP contribution in [0.25, 0.3) is 0 Å². The zero-order valence-corrected chi connectivity index (χ0v) is 13.5. The van der Waals surface area contributed by atoms with E-state index in [0.29, 0.717) is 25.9 Å². The van der Waals surface area contributed by atoms with E-state index < -0.39 is 10.3 Å². The topological polar surface area (TPSA) is 46.6 Å². The number of ether oxygens (including phenoxy) is 1. The highest BCUT2D eigenvalue weighted by molar-refractivity contribution is 6.52. The molecule has 0 aromatic heterocycles. The van der Waals surface area contributed by atoms with Crippen LogP contribution in [-0.4, -0.2) is 34.3 Å². The summed E-state index contributed by atoms with van der Waals surface area (Å²) in [5.41, 5.74) is 1.10. The highest BCUT2D eigenvalue weighted by Gasteiger charge is 2.57. The Morgan fingerprint density at radius 3 is 2.64 bits per heavy atom. The van der Waals surface area contributed by atoms with Gasteiger partial charge in [-0.05, 0) is 12.0 Å². The van der Waals surface area contributed by atoms with E-state index in [2.05, 4.69) is 0 Å². The summed E-state index contributed by atoms with van der Waals surface area (Å²) in [6, 6.07) is 9.84. The SMILES string of the molecule is O=C(OC[C@H]1CC(=O)N(Cc2ccccc2)C1)[C@@H]1CC1(Cl)Cl. The van der Waals surface area contributed by atoms with Crippen molar-refractivity contribution in [2.45, 2.75) is 23.7 Å². The number of benzene rings is 1. The predicted molar refractivity (Wildman–Crippen MR) is 83.5 cm³/mol. The van der Waals surface area contributed by atoms with Crippen molar-refractivity contribution in [3.63, 3.8) is 0 Å². The Balaban J connectivity index is 1.47. The van der Waals surface area contributed by atoms with E-state index in [0.717, 1.165) is 5.56 Å². The number of esters is 1. The summed E-state index contributed by atoms with van der Waals surface area (Å²) in [6.07, 6.45) is 0.857. The van der Waals surface area contributed by atoms with Gasteiger partial charge in [-0.1, -0.05) is 30.3 Å². The van der Waals surface area contributed by atoms with Gasteiger partial charge in [0.15, 0.2) is 0 Å². The summed E-state index contributed by atoms with van der Waals surface area (Å²) < 4.78 is 4.29. The van der Waals surface area contributed by atoms with Crippen LogP contribution in [0.15, 0.2) is 30.3 Å². The van der Waals surface area contributed by atoms with Gasteiger partial charge in [0.2, 0.25) is 5.91 Å². The predicted octanol–water partition coefficient (Wildman–Crippen LogP) is 2.77. The average Bonchev–Trinajstić information content (AvgIpc) is 2.99. The van der Waals surface area contributed by atoms with Gasteiger partial charge in [0.25, 0.3) is 0 Å². The molecule has 1 aliphatic heterocycles. The molecule has 0 bridgehead atoms. The fourth-order valence-electron chi connectivity index (χ4n) is 2.69. The molecule has 118 valence electrons. The minimum Gasteiger partial charge on any atom is -0.465 e. The molecule has 1 aromatic rings. The van der Waals surface area contributed by atoms with Gasteiger partial charge < -0.3 is 9.64 Å². The lowest BCUT2D eigenvalue weighted by molar-refractivity contribution is -0.146. The van der Waals surface area contributed by atoms with Gasteiger partial charge in [-0.3, -0.25) is 9.59 Å². The van der Waals surface area contributed by atoms with Crippen LogP contribution in [0.1, 0.15) is 18.4 Å². The third kappa shape index (κ3) is 3.55. The minimum absolute atomic E-state index is 0.0407. The molecule has 1 heterocycles. The number of carbonyl (C=O) groups excluding carboxylic acids is 2. The Morgan fingerprint density at radius 2 is 2.00 bits per heavy atom. The summed E-state index contributed by atoms with van der Waals surface area (Å²) in [7, 11) is 0. The van der Waals surface area contributed by atoms with Crippen LogP contribution < -0.4 is 0 Å². The first-order chi connectivity index (χ1) is 10.5. The number of nitrogens with zero attached hydrogens (tertiary/aromatic N) is 1. The molecule has 0 unspecified atom stereocenters. The lowest BCUT2D eigenvalue weighted by Crippen LogP contribution is -2.25. The van der Waals surface area contributed by atoms with Gasteiger partial charge in [0, 0.05) is 25.4 Å². The number of hydrogen-bond donors (Lipinski definition) is 0. The van der Waals surface area contributed by atoms with E-state index in [1.54, 1.807) is 4.90 Å². The zero-order valence-electron chi connectivity index (χ0n) is 12.0. The maximum atomic E-state index is 12.0. The highest BCUT2D eigenvalue weighted by Crippen LogP contribution is 2.53. The normalized spacial score (nSPS) is 26.1. The van der Waals surface area contributed by atoms with Crippen LogP contribution in [0.3, 0.4) is 0 Å². The molecule has 2 atom stereocenters. The van der Waals surface area contributed by atoms with Crippen molar-refractivity contribution in [1.29, 1.82) is 0 Å². The van der Waals surface area contributed by atoms with Gasteiger partial charge in [0.05, 0.1) is 12.5 Å². The lowest BCUT2D eigenvalue weighted by atomic mass is 10.1. The first-order valence-corrected chi connectivity index (χ1v) is 8.07. The van der Waals surface area contributed by atoms with E-state index in [4.69, 9.17) is 27.9 Å². The van der Waals surface area contributed by atoms with Gasteiger partial charge in [-0.2, -0.15) is 0 Å². The Hall–Kier alpha value is -1.26. The molecule has 1 amide bonds. The molecule has 3 rings (SSSR count). The van der Waals surface area contributed by atoms with E-state index in [1.807, 2.05) is 30.3 Å². The van der Waals surface area contributed by atoms with Crippen molar-refractivity contribution in [3.8, 4) is 0 Å². The first-order valence-electron chi connectivity index (χ1n) is 7.32. The van der Waals surface area contributed by atoms with E-state index >= 15 is 0 Å². The fourth-order valence-corrected chi connectivity index (χ4v) is 3.18. The summed E-state index contributed by atoms with van der Waals surface area (Å²) >= 11 is 11.7. The van der Waals surface area contributed by atoms with Gasteiger partial charge in [-0.25, -0.2) is 0 Å². The molecule has 22 heavy (non-hydrogen) atoms. The lowest BCUT2D eigenvalue weighted by Gasteiger charge is -2.16. The number of carbonyl (C=O) groups is 2. The van der Waals surface area contributed by atoms with Crippen LogP contribution in [0, 0.1) is 11.8 Å². The van der Waals surface area contributed by atoms with E-state index in [9.17, 15) is 9.59 Å². The maximum Gasteiger partial charge on any atom is 0.312 e. The van der Waals surface area contributed by atoms with Crippen LogP contribution in [-0.2, 0) is 20.9 Å². The monoisotopic (exact) mass is 341 g/mol. The maximum absolute atomic E-state index is 12.0.